The van der Waals surface area contributed by atoms with E-state index in [0.717, 1.165) is 6.42 Å². The number of hydrogen-bond acceptors (Lipinski definition) is 1. The summed E-state index contributed by atoms with van der Waals surface area (Å²) in [7, 11) is 0. The highest BCUT2D eigenvalue weighted by Gasteiger charge is 1.95. The minimum absolute atomic E-state index is 0.661. The van der Waals surface area contributed by atoms with Crippen molar-refractivity contribution in [3.63, 3.8) is 0 Å². The second-order valence-electron chi connectivity index (χ2n) is 3.26. The normalized spacial score (nSPS) is 9.92. The molecule has 69 valence electrons. The Hall–Kier alpha value is -1.11. The number of unbranched alkanes of at least 4 members (excludes halogenated alkanes) is 2. The Kier molecular flexibility index (Phi) is 4.24. The van der Waals surface area contributed by atoms with Crippen LogP contribution in [-0.4, -0.2) is 6.29 Å². The lowest BCUT2D eigenvalue weighted by Gasteiger charge is -2.00. The van der Waals surface area contributed by atoms with E-state index in [9.17, 15) is 4.79 Å². The lowest BCUT2D eigenvalue weighted by Crippen LogP contribution is -1.87. The summed E-state index contributed by atoms with van der Waals surface area (Å²) in [6.45, 7) is 2.19. The van der Waals surface area contributed by atoms with Crippen LogP contribution in [0.3, 0.4) is 0 Å². The van der Waals surface area contributed by atoms with Crippen molar-refractivity contribution in [2.45, 2.75) is 32.6 Å². The zero-order valence-electron chi connectivity index (χ0n) is 8.05. The van der Waals surface area contributed by atoms with E-state index in [1.54, 1.807) is 6.07 Å². The summed E-state index contributed by atoms with van der Waals surface area (Å²) in [6, 6.07) is 7.69. The minimum Gasteiger partial charge on any atom is -0.285 e. The summed E-state index contributed by atoms with van der Waals surface area (Å²) in [5, 5.41) is 0. The van der Waals surface area contributed by atoms with E-state index in [-0.39, 0.29) is 0 Å². The Labute approximate surface area is 79.8 Å². The fraction of sp³-hybridized carbons (Fsp3) is 0.417. The van der Waals surface area contributed by atoms with E-state index < -0.39 is 0 Å². The van der Waals surface area contributed by atoms with Gasteiger partial charge in [-0.15, -0.1) is 0 Å². The van der Waals surface area contributed by atoms with Crippen LogP contribution in [0, 0.1) is 0 Å². The first-order chi connectivity index (χ1) is 6.36. The molecule has 0 amide bonds. The van der Waals surface area contributed by atoms with E-state index in [0.29, 0.717) is 5.56 Å². The van der Waals surface area contributed by atoms with Gasteiger partial charge in [-0.05, 0) is 24.5 Å². The van der Waals surface area contributed by atoms with Gasteiger partial charge in [-0.1, -0.05) is 38.0 Å². The molecule has 13 heavy (non-hydrogen) atoms. The lowest BCUT2D eigenvalue weighted by atomic mass is 10.1. The molecule has 0 bridgehead atoms. The van der Waals surface area contributed by atoms with Gasteiger partial charge in [-0.2, -0.15) is 0 Å². The topological polar surface area (TPSA) is 17.1 Å². The average molecular weight is 175 g/mol. The molecule has 1 nitrogen and oxygen atoms in total. The molecule has 0 aliphatic carbocycles. The van der Waals surface area contributed by atoms with Gasteiger partial charge < -0.3 is 0 Å². The fourth-order valence-corrected chi connectivity index (χ4v) is 1.37. The Balaban J connectivity index is 2.51. The molecule has 0 unspecified atom stereocenters. The third-order valence-corrected chi connectivity index (χ3v) is 2.11. The quantitative estimate of drug-likeness (QED) is 0.629. The molecular weight excluding hydrogens is 160 g/mol. The van der Waals surface area contributed by atoms with E-state index >= 15 is 0 Å². The summed E-state index contributed by atoms with van der Waals surface area (Å²) in [6.07, 6.45) is 6.68. The van der Waals surface area contributed by atoms with Crippen LogP contribution in [0.25, 0.3) is 0 Å². The van der Waals surface area contributed by atoms with Gasteiger partial charge in [0.2, 0.25) is 6.29 Å². The molecule has 1 rings (SSSR count). The highest BCUT2D eigenvalue weighted by molar-refractivity contribution is 5.75. The Bertz CT molecular complexity index is 266. The second kappa shape index (κ2) is 5.52. The number of rotatable bonds is 5. The standard InChI is InChI=1S/C12H15O/c1-2-3-4-6-11-7-5-8-12(9-11)10-13/h5,7-9H,2-4,6H2,1H3. The number of hydrogen-bond donors (Lipinski definition) is 0. The molecule has 0 aliphatic heterocycles. The summed E-state index contributed by atoms with van der Waals surface area (Å²) in [5.74, 6) is 0. The minimum atomic E-state index is 0.661. The van der Waals surface area contributed by atoms with Crippen LogP contribution in [0.15, 0.2) is 24.3 Å². The van der Waals surface area contributed by atoms with Gasteiger partial charge in [0, 0.05) is 5.56 Å². The van der Waals surface area contributed by atoms with Crippen molar-refractivity contribution < 1.29 is 4.79 Å². The molecule has 0 heterocycles. The van der Waals surface area contributed by atoms with E-state index in [2.05, 4.69) is 13.0 Å². The van der Waals surface area contributed by atoms with E-state index in [4.69, 9.17) is 0 Å². The van der Waals surface area contributed by atoms with Gasteiger partial charge in [0.25, 0.3) is 0 Å². The predicted octanol–water partition coefficient (Wildman–Crippen LogP) is 2.88. The van der Waals surface area contributed by atoms with Crippen LogP contribution in [0.1, 0.15) is 37.3 Å². The first-order valence-electron chi connectivity index (χ1n) is 4.84. The first kappa shape index (κ1) is 9.97. The smallest absolute Gasteiger partial charge is 0.233 e. The second-order valence-corrected chi connectivity index (χ2v) is 3.26. The van der Waals surface area contributed by atoms with Crippen LogP contribution in [0.2, 0.25) is 0 Å². The first-order valence-corrected chi connectivity index (χ1v) is 4.84. The monoisotopic (exact) mass is 175 g/mol. The molecule has 1 aromatic carbocycles. The number of aryl methyl sites for hydroxylation is 1. The lowest BCUT2D eigenvalue weighted by molar-refractivity contribution is 0.562. The van der Waals surface area contributed by atoms with Gasteiger partial charge >= 0.3 is 0 Å². The van der Waals surface area contributed by atoms with E-state index in [1.807, 2.05) is 18.4 Å². The Morgan fingerprint density at radius 1 is 1.31 bits per heavy atom. The van der Waals surface area contributed by atoms with Crippen LogP contribution >= 0.6 is 0 Å². The van der Waals surface area contributed by atoms with Crippen LogP contribution in [-0.2, 0) is 11.2 Å². The van der Waals surface area contributed by atoms with Crippen molar-refractivity contribution >= 4 is 6.29 Å². The fourth-order valence-electron chi connectivity index (χ4n) is 1.37. The summed E-state index contributed by atoms with van der Waals surface area (Å²) in [5.41, 5.74) is 1.91. The number of benzene rings is 1. The molecule has 0 spiro atoms. The SMILES string of the molecule is CCCCCc1cccc([C]=O)c1. The van der Waals surface area contributed by atoms with Crippen LogP contribution in [0.5, 0.6) is 0 Å². The molecule has 0 atom stereocenters. The van der Waals surface area contributed by atoms with Gasteiger partial charge in [-0.3, -0.25) is 4.79 Å². The molecule has 1 radical (unpaired) electrons. The Morgan fingerprint density at radius 3 is 2.85 bits per heavy atom. The zero-order chi connectivity index (χ0) is 9.52. The largest absolute Gasteiger partial charge is 0.285 e. The van der Waals surface area contributed by atoms with Crippen LogP contribution in [0.4, 0.5) is 0 Å². The number of carbonyl (C=O) groups excluding carboxylic acids is 1. The molecule has 0 fully saturated rings. The summed E-state index contributed by atoms with van der Waals surface area (Å²) < 4.78 is 0. The maximum absolute atomic E-state index is 10.4. The molecule has 1 heteroatoms. The maximum atomic E-state index is 10.4. The molecule has 0 aromatic heterocycles. The third kappa shape index (κ3) is 3.41. The Morgan fingerprint density at radius 2 is 2.15 bits per heavy atom. The van der Waals surface area contributed by atoms with Crippen molar-refractivity contribution in [1.29, 1.82) is 0 Å². The van der Waals surface area contributed by atoms with E-state index in [1.165, 1.54) is 24.8 Å². The molecule has 0 saturated heterocycles. The van der Waals surface area contributed by atoms with Gasteiger partial charge in [-0.25, -0.2) is 0 Å². The summed E-state index contributed by atoms with van der Waals surface area (Å²) in [4.78, 5) is 10.4. The van der Waals surface area contributed by atoms with Gasteiger partial charge in [0.1, 0.15) is 0 Å². The molecule has 0 saturated carbocycles. The van der Waals surface area contributed by atoms with Crippen LogP contribution < -0.4 is 0 Å². The highest BCUT2D eigenvalue weighted by atomic mass is 16.1. The average Bonchev–Trinajstić information content (AvgIpc) is 2.19. The summed E-state index contributed by atoms with van der Waals surface area (Å²) >= 11 is 0. The van der Waals surface area contributed by atoms with Gasteiger partial charge in [0.05, 0.1) is 0 Å². The van der Waals surface area contributed by atoms with Crippen molar-refractivity contribution in [3.8, 4) is 0 Å². The molecule has 0 N–H and O–H groups in total. The van der Waals surface area contributed by atoms with Crippen molar-refractivity contribution in [2.24, 2.45) is 0 Å². The molecular formula is C12H15O. The maximum Gasteiger partial charge on any atom is 0.233 e. The predicted molar refractivity (Wildman–Crippen MR) is 54.5 cm³/mol. The zero-order valence-corrected chi connectivity index (χ0v) is 8.05. The third-order valence-electron chi connectivity index (χ3n) is 2.11. The van der Waals surface area contributed by atoms with Crippen molar-refractivity contribution in [2.75, 3.05) is 0 Å². The molecule has 1 aromatic rings. The van der Waals surface area contributed by atoms with Crippen molar-refractivity contribution in [3.05, 3.63) is 35.4 Å². The molecule has 0 aliphatic rings. The highest BCUT2D eigenvalue weighted by Crippen LogP contribution is 2.08. The van der Waals surface area contributed by atoms with Gasteiger partial charge in [0.15, 0.2) is 0 Å². The van der Waals surface area contributed by atoms with Crippen molar-refractivity contribution in [1.82, 2.24) is 0 Å².